The predicted molar refractivity (Wildman–Crippen MR) is 73.0 cm³/mol. The van der Waals surface area contributed by atoms with Crippen LogP contribution >= 0.6 is 21.6 Å². The zero-order chi connectivity index (χ0) is 11.9. The van der Waals surface area contributed by atoms with E-state index in [9.17, 15) is 0 Å². The molecule has 0 spiro atoms. The summed E-state index contributed by atoms with van der Waals surface area (Å²) in [5.41, 5.74) is 0.0800. The maximum atomic E-state index is 5.39. The quantitative estimate of drug-likeness (QED) is 0.318. The van der Waals surface area contributed by atoms with Crippen molar-refractivity contribution in [3.63, 3.8) is 0 Å². The van der Waals surface area contributed by atoms with Crippen molar-refractivity contribution < 1.29 is 4.74 Å². The van der Waals surface area contributed by atoms with Gasteiger partial charge in [-0.3, -0.25) is 0 Å². The second-order valence-corrected chi connectivity index (χ2v) is 8.40. The van der Waals surface area contributed by atoms with Gasteiger partial charge in [0.25, 0.3) is 0 Å². The van der Waals surface area contributed by atoms with E-state index in [0.717, 1.165) is 0 Å². The van der Waals surface area contributed by atoms with Crippen molar-refractivity contribution in [2.24, 2.45) is 5.41 Å². The highest BCUT2D eigenvalue weighted by Crippen LogP contribution is 2.34. The summed E-state index contributed by atoms with van der Waals surface area (Å²) in [5, 5.41) is 0. The lowest BCUT2D eigenvalue weighted by molar-refractivity contribution is 0.223. The summed E-state index contributed by atoms with van der Waals surface area (Å²) in [5.74, 6) is 6.88. The van der Waals surface area contributed by atoms with Gasteiger partial charge in [-0.15, -0.1) is 0 Å². The molecule has 0 fully saturated rings. The number of rotatable bonds is 4. The standard InChI is InChI=1S/C12H22OS2/c1-11(2,3)8-7-9-13-10-14-15-12(4,5)6/h9-10H2,1-6H3. The molecule has 0 aromatic heterocycles. The van der Waals surface area contributed by atoms with Gasteiger partial charge in [0, 0.05) is 10.2 Å². The van der Waals surface area contributed by atoms with Crippen LogP contribution in [0.2, 0.25) is 0 Å². The topological polar surface area (TPSA) is 9.23 Å². The van der Waals surface area contributed by atoms with Crippen LogP contribution in [-0.4, -0.2) is 17.3 Å². The molecule has 0 aromatic rings. The maximum Gasteiger partial charge on any atom is 0.108 e. The average Bonchev–Trinajstić information content (AvgIpc) is 1.98. The van der Waals surface area contributed by atoms with Gasteiger partial charge in [0.1, 0.15) is 12.5 Å². The van der Waals surface area contributed by atoms with E-state index in [1.807, 2.05) is 10.8 Å². The second-order valence-electron chi connectivity index (χ2n) is 5.33. The Hall–Kier alpha value is 0.220. The van der Waals surface area contributed by atoms with E-state index in [2.05, 4.69) is 53.4 Å². The minimum Gasteiger partial charge on any atom is -0.357 e. The molecule has 0 aliphatic rings. The van der Waals surface area contributed by atoms with Crippen molar-refractivity contribution in [3.05, 3.63) is 0 Å². The van der Waals surface area contributed by atoms with Crippen LogP contribution in [0.15, 0.2) is 0 Å². The smallest absolute Gasteiger partial charge is 0.108 e. The monoisotopic (exact) mass is 246 g/mol. The van der Waals surface area contributed by atoms with E-state index in [1.54, 1.807) is 10.8 Å². The van der Waals surface area contributed by atoms with Crippen LogP contribution in [0.3, 0.4) is 0 Å². The molecule has 0 saturated heterocycles. The lowest BCUT2D eigenvalue weighted by Gasteiger charge is -2.15. The van der Waals surface area contributed by atoms with Crippen molar-refractivity contribution in [2.75, 3.05) is 12.5 Å². The molecule has 15 heavy (non-hydrogen) atoms. The molecule has 0 bridgehead atoms. The minimum atomic E-state index is 0.0800. The molecule has 1 nitrogen and oxygen atoms in total. The largest absolute Gasteiger partial charge is 0.357 e. The molecule has 0 heterocycles. The summed E-state index contributed by atoms with van der Waals surface area (Å²) in [6, 6.07) is 0. The Morgan fingerprint density at radius 1 is 1.07 bits per heavy atom. The molecule has 0 N–H and O–H groups in total. The molecule has 3 heteroatoms. The highest BCUT2D eigenvalue weighted by atomic mass is 33.1. The van der Waals surface area contributed by atoms with Gasteiger partial charge in [-0.1, -0.05) is 54.2 Å². The second kappa shape index (κ2) is 6.73. The summed E-state index contributed by atoms with van der Waals surface area (Å²) in [7, 11) is 3.59. The number of hydrogen-bond donors (Lipinski definition) is 0. The van der Waals surface area contributed by atoms with Gasteiger partial charge >= 0.3 is 0 Å². The van der Waals surface area contributed by atoms with Crippen molar-refractivity contribution >= 4 is 21.6 Å². The zero-order valence-corrected chi connectivity index (χ0v) is 12.3. The highest BCUT2D eigenvalue weighted by Gasteiger charge is 2.10. The summed E-state index contributed by atoms with van der Waals surface area (Å²) < 4.78 is 5.69. The Kier molecular flexibility index (Phi) is 6.83. The fraction of sp³-hybridized carbons (Fsp3) is 0.833. The molecule has 0 unspecified atom stereocenters. The van der Waals surface area contributed by atoms with E-state index in [-0.39, 0.29) is 5.41 Å². The minimum absolute atomic E-state index is 0.0800. The molecule has 88 valence electrons. The van der Waals surface area contributed by atoms with Crippen LogP contribution in [0.5, 0.6) is 0 Å². The fourth-order valence-corrected chi connectivity index (χ4v) is 2.59. The average molecular weight is 246 g/mol. The first kappa shape index (κ1) is 15.2. The summed E-state index contributed by atoms with van der Waals surface area (Å²) >= 11 is 0. The molecule has 0 aliphatic carbocycles. The third kappa shape index (κ3) is 14.2. The van der Waals surface area contributed by atoms with E-state index in [0.29, 0.717) is 17.3 Å². The number of ether oxygens (including phenoxy) is 1. The third-order valence-corrected chi connectivity index (χ3v) is 4.10. The Balaban J connectivity index is 3.44. The van der Waals surface area contributed by atoms with Crippen LogP contribution in [0, 0.1) is 17.3 Å². The Morgan fingerprint density at radius 3 is 2.13 bits per heavy atom. The Bertz CT molecular complexity index is 225. The highest BCUT2D eigenvalue weighted by molar-refractivity contribution is 8.77. The van der Waals surface area contributed by atoms with Gasteiger partial charge in [0.15, 0.2) is 0 Å². The van der Waals surface area contributed by atoms with E-state index in [1.165, 1.54) is 0 Å². The molecule has 0 aliphatic heterocycles. The van der Waals surface area contributed by atoms with Crippen LogP contribution in [0.4, 0.5) is 0 Å². The van der Waals surface area contributed by atoms with Crippen LogP contribution in [0.25, 0.3) is 0 Å². The van der Waals surface area contributed by atoms with Crippen molar-refractivity contribution in [1.29, 1.82) is 0 Å². The maximum absolute atomic E-state index is 5.39. The third-order valence-electron chi connectivity index (χ3n) is 1.08. The first-order valence-electron chi connectivity index (χ1n) is 5.09. The van der Waals surface area contributed by atoms with Gasteiger partial charge in [-0.05, 0) is 20.8 Å². The molecule has 0 atom stereocenters. The molecular formula is C12H22OS2. The molecule has 0 amide bonds. The fourth-order valence-electron chi connectivity index (χ4n) is 0.629. The van der Waals surface area contributed by atoms with Crippen LogP contribution in [0.1, 0.15) is 41.5 Å². The molecule has 0 rings (SSSR count). The normalized spacial score (nSPS) is 12.1. The lowest BCUT2D eigenvalue weighted by Crippen LogP contribution is -2.05. The zero-order valence-electron chi connectivity index (χ0n) is 10.6. The van der Waals surface area contributed by atoms with Crippen molar-refractivity contribution in [3.8, 4) is 11.8 Å². The lowest BCUT2D eigenvalue weighted by atomic mass is 9.98. The summed E-state index contributed by atoms with van der Waals surface area (Å²) in [6.45, 7) is 13.4. The predicted octanol–water partition coefficient (Wildman–Crippen LogP) is 4.19. The van der Waals surface area contributed by atoms with Gasteiger partial charge in [0.05, 0.1) is 0 Å². The summed E-state index contributed by atoms with van der Waals surface area (Å²) in [6.07, 6.45) is 0. The van der Waals surface area contributed by atoms with Gasteiger partial charge in [-0.25, -0.2) is 0 Å². The molecular weight excluding hydrogens is 224 g/mol. The Morgan fingerprint density at radius 2 is 1.67 bits per heavy atom. The SMILES string of the molecule is CC(C)(C)C#CCOCSSC(C)(C)C. The van der Waals surface area contributed by atoms with E-state index >= 15 is 0 Å². The van der Waals surface area contributed by atoms with Gasteiger partial charge in [0.2, 0.25) is 0 Å². The van der Waals surface area contributed by atoms with Gasteiger partial charge < -0.3 is 4.74 Å². The molecule has 0 radical (unpaired) electrons. The molecule has 0 saturated carbocycles. The number of hydrogen-bond acceptors (Lipinski definition) is 3. The van der Waals surface area contributed by atoms with Crippen molar-refractivity contribution in [2.45, 2.75) is 46.3 Å². The van der Waals surface area contributed by atoms with E-state index < -0.39 is 0 Å². The first-order valence-corrected chi connectivity index (χ1v) is 7.41. The van der Waals surface area contributed by atoms with E-state index in [4.69, 9.17) is 4.74 Å². The molecule has 0 aromatic carbocycles. The van der Waals surface area contributed by atoms with Gasteiger partial charge in [-0.2, -0.15) is 0 Å². The van der Waals surface area contributed by atoms with Crippen molar-refractivity contribution in [1.82, 2.24) is 0 Å². The Labute approximate surface area is 103 Å². The first-order chi connectivity index (χ1) is 6.71. The summed E-state index contributed by atoms with van der Waals surface area (Å²) in [4.78, 5) is 0. The van der Waals surface area contributed by atoms with Crippen LogP contribution in [-0.2, 0) is 4.74 Å². The van der Waals surface area contributed by atoms with Crippen LogP contribution < -0.4 is 0 Å².